The fourth-order valence-electron chi connectivity index (χ4n) is 2.24. The first-order chi connectivity index (χ1) is 8.50. The van der Waals surface area contributed by atoms with Gasteiger partial charge in [-0.2, -0.15) is 0 Å². The van der Waals surface area contributed by atoms with Crippen molar-refractivity contribution in [3.05, 3.63) is 32.2 Å². The molecule has 0 N–H and O–H groups in total. The molecular formula is C13H14BrCl2NO. The van der Waals surface area contributed by atoms with Crippen LogP contribution in [-0.4, -0.2) is 23.4 Å². The first-order valence-corrected chi connectivity index (χ1v) is 7.51. The Morgan fingerprint density at radius 1 is 1.33 bits per heavy atom. The molecule has 98 valence electrons. The van der Waals surface area contributed by atoms with Crippen LogP contribution >= 0.6 is 39.1 Å². The van der Waals surface area contributed by atoms with E-state index >= 15 is 0 Å². The van der Waals surface area contributed by atoms with Crippen molar-refractivity contribution < 1.29 is 4.79 Å². The van der Waals surface area contributed by atoms with Crippen LogP contribution < -0.4 is 0 Å². The van der Waals surface area contributed by atoms with Crippen LogP contribution in [0, 0.1) is 0 Å². The molecule has 1 fully saturated rings. The number of rotatable bonds is 1. The molecular weight excluding hydrogens is 337 g/mol. The van der Waals surface area contributed by atoms with Crippen molar-refractivity contribution in [2.75, 3.05) is 6.54 Å². The lowest BCUT2D eigenvalue weighted by Gasteiger charge is -2.33. The zero-order valence-corrected chi connectivity index (χ0v) is 13.1. The van der Waals surface area contributed by atoms with E-state index in [1.807, 2.05) is 4.90 Å². The molecule has 2 rings (SSSR count). The summed E-state index contributed by atoms with van der Waals surface area (Å²) < 4.78 is 0.706. The summed E-state index contributed by atoms with van der Waals surface area (Å²) in [5.74, 6) is -0.0263. The van der Waals surface area contributed by atoms with Gasteiger partial charge in [0.25, 0.3) is 5.91 Å². The predicted octanol–water partition coefficient (Wildman–Crippen LogP) is 4.77. The Morgan fingerprint density at radius 2 is 2.06 bits per heavy atom. The van der Waals surface area contributed by atoms with Gasteiger partial charge in [-0.1, -0.05) is 23.2 Å². The Bertz CT molecular complexity index is 478. The Hall–Kier alpha value is -0.250. The van der Waals surface area contributed by atoms with Gasteiger partial charge < -0.3 is 4.90 Å². The number of likely N-dealkylation sites (tertiary alicyclic amines) is 1. The smallest absolute Gasteiger partial charge is 0.255 e. The molecule has 0 spiro atoms. The molecule has 1 aliphatic heterocycles. The van der Waals surface area contributed by atoms with Crippen molar-refractivity contribution in [2.24, 2.45) is 0 Å². The SMILES string of the molecule is CC1CCCCN1C(=O)c1cc(Cl)c(Br)cc1Cl. The second-order valence-electron chi connectivity index (χ2n) is 4.59. The minimum Gasteiger partial charge on any atom is -0.336 e. The molecule has 1 saturated heterocycles. The van der Waals surface area contributed by atoms with E-state index in [1.165, 1.54) is 6.42 Å². The molecule has 0 bridgehead atoms. The summed E-state index contributed by atoms with van der Waals surface area (Å²) in [6.45, 7) is 2.87. The van der Waals surface area contributed by atoms with Crippen LogP contribution in [-0.2, 0) is 0 Å². The van der Waals surface area contributed by atoms with Crippen LogP contribution in [0.1, 0.15) is 36.5 Å². The van der Waals surface area contributed by atoms with Crippen molar-refractivity contribution in [1.29, 1.82) is 0 Å². The summed E-state index contributed by atoms with van der Waals surface area (Å²) in [7, 11) is 0. The first-order valence-electron chi connectivity index (χ1n) is 5.96. The van der Waals surface area contributed by atoms with Crippen LogP contribution in [0.2, 0.25) is 10.0 Å². The number of benzene rings is 1. The number of piperidine rings is 1. The molecule has 0 aliphatic carbocycles. The highest BCUT2D eigenvalue weighted by Gasteiger charge is 2.26. The van der Waals surface area contributed by atoms with Crippen molar-refractivity contribution in [3.63, 3.8) is 0 Å². The van der Waals surface area contributed by atoms with E-state index in [1.54, 1.807) is 12.1 Å². The van der Waals surface area contributed by atoms with Gasteiger partial charge >= 0.3 is 0 Å². The molecule has 1 atom stereocenters. The minimum atomic E-state index is -0.0263. The molecule has 1 aromatic rings. The van der Waals surface area contributed by atoms with Gasteiger partial charge in [0.05, 0.1) is 15.6 Å². The number of carbonyl (C=O) groups excluding carboxylic acids is 1. The Morgan fingerprint density at radius 3 is 2.72 bits per heavy atom. The Kier molecular flexibility index (Phi) is 4.57. The summed E-state index contributed by atoms with van der Waals surface area (Å²) in [4.78, 5) is 14.3. The highest BCUT2D eigenvalue weighted by molar-refractivity contribution is 9.10. The number of hydrogen-bond acceptors (Lipinski definition) is 1. The molecule has 1 amide bonds. The lowest BCUT2D eigenvalue weighted by molar-refractivity contribution is 0.0636. The maximum Gasteiger partial charge on any atom is 0.255 e. The van der Waals surface area contributed by atoms with Crippen molar-refractivity contribution in [1.82, 2.24) is 4.90 Å². The van der Waals surface area contributed by atoms with E-state index in [4.69, 9.17) is 23.2 Å². The zero-order chi connectivity index (χ0) is 13.3. The van der Waals surface area contributed by atoms with Gasteiger partial charge in [-0.15, -0.1) is 0 Å². The van der Waals surface area contributed by atoms with Crippen molar-refractivity contribution in [2.45, 2.75) is 32.2 Å². The molecule has 1 aliphatic rings. The predicted molar refractivity (Wildman–Crippen MR) is 78.5 cm³/mol. The van der Waals surface area contributed by atoms with Crippen LogP contribution in [0.4, 0.5) is 0 Å². The van der Waals surface area contributed by atoms with Crippen molar-refractivity contribution >= 4 is 45.0 Å². The molecule has 1 unspecified atom stereocenters. The molecule has 5 heteroatoms. The molecule has 1 heterocycles. The lowest BCUT2D eigenvalue weighted by Crippen LogP contribution is -2.42. The van der Waals surface area contributed by atoms with Crippen molar-refractivity contribution in [3.8, 4) is 0 Å². The maximum atomic E-state index is 12.5. The number of carbonyl (C=O) groups is 1. The molecule has 18 heavy (non-hydrogen) atoms. The van der Waals surface area contributed by atoms with Gasteiger partial charge in [0.2, 0.25) is 0 Å². The summed E-state index contributed by atoms with van der Waals surface area (Å²) in [5, 5.41) is 0.946. The molecule has 0 saturated carbocycles. The fourth-order valence-corrected chi connectivity index (χ4v) is 3.12. The normalized spacial score (nSPS) is 20.0. The Labute approximate surface area is 125 Å². The maximum absolute atomic E-state index is 12.5. The van der Waals surface area contributed by atoms with Gasteiger partial charge in [-0.25, -0.2) is 0 Å². The molecule has 0 aromatic heterocycles. The number of amides is 1. The molecule has 0 radical (unpaired) electrons. The van der Waals surface area contributed by atoms with Gasteiger partial charge in [0.15, 0.2) is 0 Å². The van der Waals surface area contributed by atoms with E-state index in [0.717, 1.165) is 19.4 Å². The second-order valence-corrected chi connectivity index (χ2v) is 6.26. The summed E-state index contributed by atoms with van der Waals surface area (Å²) in [5.41, 5.74) is 0.485. The summed E-state index contributed by atoms with van der Waals surface area (Å²) >= 11 is 15.5. The monoisotopic (exact) mass is 349 g/mol. The average Bonchev–Trinajstić information content (AvgIpc) is 2.33. The zero-order valence-electron chi connectivity index (χ0n) is 10.0. The molecule has 2 nitrogen and oxygen atoms in total. The average molecular weight is 351 g/mol. The standard InChI is InChI=1S/C13H14BrCl2NO/c1-8-4-2-3-5-17(8)13(18)9-6-12(16)10(14)7-11(9)15/h6-8H,2-5H2,1H3. The number of hydrogen-bond donors (Lipinski definition) is 0. The highest BCUT2D eigenvalue weighted by Crippen LogP contribution is 2.31. The third-order valence-electron chi connectivity index (χ3n) is 3.30. The van der Waals surface area contributed by atoms with E-state index in [0.29, 0.717) is 20.1 Å². The van der Waals surface area contributed by atoms with E-state index in [9.17, 15) is 4.79 Å². The fraction of sp³-hybridized carbons (Fsp3) is 0.462. The molecule has 1 aromatic carbocycles. The van der Waals surface area contributed by atoms with E-state index < -0.39 is 0 Å². The van der Waals surface area contributed by atoms with E-state index in [-0.39, 0.29) is 11.9 Å². The van der Waals surface area contributed by atoms with Gasteiger partial charge in [0.1, 0.15) is 0 Å². The number of nitrogens with zero attached hydrogens (tertiary/aromatic N) is 1. The Balaban J connectivity index is 2.30. The van der Waals surface area contributed by atoms with Crippen LogP contribution in [0.15, 0.2) is 16.6 Å². The van der Waals surface area contributed by atoms with Crippen LogP contribution in [0.3, 0.4) is 0 Å². The van der Waals surface area contributed by atoms with E-state index in [2.05, 4.69) is 22.9 Å². The summed E-state index contributed by atoms with van der Waals surface area (Å²) in [6.07, 6.45) is 3.28. The first kappa shape index (κ1) is 14.2. The van der Waals surface area contributed by atoms with Gasteiger partial charge in [-0.3, -0.25) is 4.79 Å². The second kappa shape index (κ2) is 5.81. The minimum absolute atomic E-state index is 0.0263. The summed E-state index contributed by atoms with van der Waals surface area (Å²) in [6, 6.07) is 3.58. The third-order valence-corrected chi connectivity index (χ3v) is 4.81. The topological polar surface area (TPSA) is 20.3 Å². The lowest BCUT2D eigenvalue weighted by atomic mass is 10.0. The quantitative estimate of drug-likeness (QED) is 0.668. The van der Waals surface area contributed by atoms with Crippen LogP contribution in [0.25, 0.3) is 0 Å². The van der Waals surface area contributed by atoms with Gasteiger partial charge in [0, 0.05) is 17.1 Å². The highest BCUT2D eigenvalue weighted by atomic mass is 79.9. The van der Waals surface area contributed by atoms with Crippen LogP contribution in [0.5, 0.6) is 0 Å². The van der Waals surface area contributed by atoms with Gasteiger partial charge in [-0.05, 0) is 54.2 Å². The number of halogens is 3. The largest absolute Gasteiger partial charge is 0.336 e. The third kappa shape index (κ3) is 2.84.